The normalized spacial score (nSPS) is 17.3. The first kappa shape index (κ1) is 17.5. The lowest BCUT2D eigenvalue weighted by atomic mass is 9.89. The first-order chi connectivity index (χ1) is 13.0. The number of carbonyl (C=O) groups excluding carboxylic acids is 2. The molecule has 0 bridgehead atoms. The molecule has 1 aromatic heterocycles. The highest BCUT2D eigenvalue weighted by Crippen LogP contribution is 2.25. The van der Waals surface area contributed by atoms with Gasteiger partial charge in [-0.3, -0.25) is 9.59 Å². The van der Waals surface area contributed by atoms with Crippen molar-refractivity contribution in [1.29, 1.82) is 0 Å². The van der Waals surface area contributed by atoms with E-state index >= 15 is 0 Å². The van der Waals surface area contributed by atoms with Crippen molar-refractivity contribution in [2.75, 3.05) is 13.1 Å². The summed E-state index contributed by atoms with van der Waals surface area (Å²) >= 11 is 0. The summed E-state index contributed by atoms with van der Waals surface area (Å²) in [5.74, 6) is 0.0337. The van der Waals surface area contributed by atoms with Gasteiger partial charge in [0.1, 0.15) is 0 Å². The van der Waals surface area contributed by atoms with Gasteiger partial charge in [-0.15, -0.1) is 0 Å². The lowest BCUT2D eigenvalue weighted by Gasteiger charge is -2.32. The third kappa shape index (κ3) is 3.27. The van der Waals surface area contributed by atoms with E-state index in [4.69, 9.17) is 0 Å². The molecule has 1 atom stereocenters. The van der Waals surface area contributed by atoms with Gasteiger partial charge in [-0.1, -0.05) is 30.3 Å². The van der Waals surface area contributed by atoms with Crippen molar-refractivity contribution in [3.63, 3.8) is 0 Å². The van der Waals surface area contributed by atoms with Crippen LogP contribution in [0, 0.1) is 19.8 Å². The third-order valence-electron chi connectivity index (χ3n) is 5.69. The van der Waals surface area contributed by atoms with Crippen LogP contribution in [0.1, 0.15) is 44.8 Å². The molecule has 4 rings (SSSR count). The van der Waals surface area contributed by atoms with Crippen LogP contribution in [0.5, 0.6) is 0 Å². The first-order valence-corrected chi connectivity index (χ1v) is 9.52. The van der Waals surface area contributed by atoms with Crippen LogP contribution in [0.3, 0.4) is 0 Å². The number of H-pyrrole nitrogens is 1. The number of Topliss-reactive ketones (excluding diaryl/α,β-unsaturated/α-hetero) is 1. The molecule has 27 heavy (non-hydrogen) atoms. The van der Waals surface area contributed by atoms with E-state index < -0.39 is 0 Å². The molecule has 0 aliphatic carbocycles. The monoisotopic (exact) mass is 360 g/mol. The quantitative estimate of drug-likeness (QED) is 0.698. The number of rotatable bonds is 3. The zero-order valence-electron chi connectivity index (χ0n) is 15.8. The van der Waals surface area contributed by atoms with Gasteiger partial charge in [0.25, 0.3) is 5.91 Å². The Morgan fingerprint density at radius 3 is 2.59 bits per heavy atom. The summed E-state index contributed by atoms with van der Waals surface area (Å²) in [5.41, 5.74) is 4.78. The maximum Gasteiger partial charge on any atom is 0.253 e. The molecule has 2 aromatic carbocycles. The summed E-state index contributed by atoms with van der Waals surface area (Å²) in [4.78, 5) is 31.0. The summed E-state index contributed by atoms with van der Waals surface area (Å²) in [5, 5.41) is 1.09. The van der Waals surface area contributed by atoms with E-state index in [-0.39, 0.29) is 17.6 Å². The van der Waals surface area contributed by atoms with Crippen molar-refractivity contribution < 1.29 is 9.59 Å². The maximum atomic E-state index is 13.1. The Hall–Kier alpha value is -2.88. The number of fused-ring (bicyclic) bond motifs is 1. The van der Waals surface area contributed by atoms with E-state index in [2.05, 4.69) is 11.9 Å². The number of hydrogen-bond donors (Lipinski definition) is 1. The van der Waals surface area contributed by atoms with Crippen LogP contribution in [-0.4, -0.2) is 34.7 Å². The number of aromatic nitrogens is 1. The molecule has 4 heteroatoms. The lowest BCUT2D eigenvalue weighted by molar-refractivity contribution is 0.0637. The molecule has 4 nitrogen and oxygen atoms in total. The standard InChI is InChI=1S/C23H24N2O2/c1-15-16(2)24-21-11-10-18(13-20(15)21)23(27)25-12-6-9-19(14-25)22(26)17-7-4-3-5-8-17/h3-5,7-8,10-11,13,19,24H,6,9,12,14H2,1-2H3/t19-/m0/s1. The molecule has 1 N–H and O–H groups in total. The average molecular weight is 360 g/mol. The van der Waals surface area contributed by atoms with Crippen LogP contribution < -0.4 is 0 Å². The molecular formula is C23H24N2O2. The second-order valence-electron chi connectivity index (χ2n) is 7.46. The Morgan fingerprint density at radius 2 is 1.81 bits per heavy atom. The minimum absolute atomic E-state index is 0.0146. The SMILES string of the molecule is Cc1[nH]c2ccc(C(=O)N3CCC[C@H](C(=O)c4ccccc4)C3)cc2c1C. The van der Waals surface area contributed by atoms with E-state index in [0.29, 0.717) is 18.7 Å². The minimum Gasteiger partial charge on any atom is -0.358 e. The number of aryl methyl sites for hydroxylation is 2. The van der Waals surface area contributed by atoms with Gasteiger partial charge in [0.05, 0.1) is 0 Å². The van der Waals surface area contributed by atoms with Gasteiger partial charge < -0.3 is 9.88 Å². The molecule has 1 fully saturated rings. The lowest BCUT2D eigenvalue weighted by Crippen LogP contribution is -2.42. The Labute approximate surface area is 159 Å². The Balaban J connectivity index is 1.55. The topological polar surface area (TPSA) is 53.2 Å². The molecule has 1 aliphatic rings. The number of nitrogens with one attached hydrogen (secondary N) is 1. The predicted octanol–water partition coefficient (Wildman–Crippen LogP) is 4.52. The fourth-order valence-corrected chi connectivity index (χ4v) is 3.99. The fourth-order valence-electron chi connectivity index (χ4n) is 3.99. The summed E-state index contributed by atoms with van der Waals surface area (Å²) in [6.45, 7) is 5.31. The molecule has 1 amide bonds. The number of amides is 1. The molecule has 0 saturated carbocycles. The van der Waals surface area contributed by atoms with Gasteiger partial charge in [-0.2, -0.15) is 0 Å². The van der Waals surface area contributed by atoms with Gasteiger partial charge in [-0.05, 0) is 50.5 Å². The molecule has 0 radical (unpaired) electrons. The van der Waals surface area contributed by atoms with Crippen molar-refractivity contribution in [3.8, 4) is 0 Å². The second-order valence-corrected chi connectivity index (χ2v) is 7.46. The highest BCUT2D eigenvalue weighted by molar-refractivity contribution is 6.01. The number of carbonyl (C=O) groups is 2. The number of piperidine rings is 1. The number of ketones is 1. The zero-order chi connectivity index (χ0) is 19.0. The van der Waals surface area contributed by atoms with Crippen molar-refractivity contribution >= 4 is 22.6 Å². The molecule has 138 valence electrons. The summed E-state index contributed by atoms with van der Waals surface area (Å²) < 4.78 is 0. The summed E-state index contributed by atoms with van der Waals surface area (Å²) in [7, 11) is 0. The van der Waals surface area contributed by atoms with Gasteiger partial charge in [0, 0.05) is 46.7 Å². The number of likely N-dealkylation sites (tertiary alicyclic amines) is 1. The van der Waals surface area contributed by atoms with E-state index in [1.165, 1.54) is 5.56 Å². The van der Waals surface area contributed by atoms with E-state index in [9.17, 15) is 9.59 Å². The Bertz CT molecular complexity index is 1000. The van der Waals surface area contributed by atoms with Crippen LogP contribution in [0.2, 0.25) is 0 Å². The summed E-state index contributed by atoms with van der Waals surface area (Å²) in [6.07, 6.45) is 1.70. The van der Waals surface area contributed by atoms with E-state index in [1.54, 1.807) is 0 Å². The first-order valence-electron chi connectivity index (χ1n) is 9.52. The van der Waals surface area contributed by atoms with Crippen molar-refractivity contribution in [3.05, 3.63) is 70.9 Å². The smallest absolute Gasteiger partial charge is 0.253 e. The minimum atomic E-state index is -0.120. The summed E-state index contributed by atoms with van der Waals surface area (Å²) in [6, 6.07) is 15.2. The van der Waals surface area contributed by atoms with Crippen LogP contribution >= 0.6 is 0 Å². The predicted molar refractivity (Wildman–Crippen MR) is 107 cm³/mol. The van der Waals surface area contributed by atoms with Crippen LogP contribution in [0.15, 0.2) is 48.5 Å². The molecule has 3 aromatic rings. The van der Waals surface area contributed by atoms with Gasteiger partial charge in [0.15, 0.2) is 5.78 Å². The Kier molecular flexibility index (Phi) is 4.56. The highest BCUT2D eigenvalue weighted by atomic mass is 16.2. The van der Waals surface area contributed by atoms with Gasteiger partial charge >= 0.3 is 0 Å². The molecule has 2 heterocycles. The third-order valence-corrected chi connectivity index (χ3v) is 5.69. The average Bonchev–Trinajstić information content (AvgIpc) is 3.01. The fraction of sp³-hybridized carbons (Fsp3) is 0.304. The number of aromatic amines is 1. The van der Waals surface area contributed by atoms with Gasteiger partial charge in [0.2, 0.25) is 0 Å². The Morgan fingerprint density at radius 1 is 1.04 bits per heavy atom. The molecule has 0 spiro atoms. The van der Waals surface area contributed by atoms with Crippen molar-refractivity contribution in [2.24, 2.45) is 5.92 Å². The van der Waals surface area contributed by atoms with Gasteiger partial charge in [-0.25, -0.2) is 0 Å². The van der Waals surface area contributed by atoms with Crippen LogP contribution in [0.4, 0.5) is 0 Å². The number of benzene rings is 2. The van der Waals surface area contributed by atoms with Crippen LogP contribution in [-0.2, 0) is 0 Å². The largest absolute Gasteiger partial charge is 0.358 e. The van der Waals surface area contributed by atoms with E-state index in [1.807, 2.05) is 60.4 Å². The molecule has 1 aliphatic heterocycles. The molecular weight excluding hydrogens is 336 g/mol. The zero-order valence-corrected chi connectivity index (χ0v) is 15.8. The molecule has 0 unspecified atom stereocenters. The van der Waals surface area contributed by atoms with Crippen LogP contribution in [0.25, 0.3) is 10.9 Å². The number of hydrogen-bond acceptors (Lipinski definition) is 2. The van der Waals surface area contributed by atoms with Crippen molar-refractivity contribution in [1.82, 2.24) is 9.88 Å². The van der Waals surface area contributed by atoms with Crippen molar-refractivity contribution in [2.45, 2.75) is 26.7 Å². The highest BCUT2D eigenvalue weighted by Gasteiger charge is 2.29. The number of nitrogens with zero attached hydrogens (tertiary/aromatic N) is 1. The van der Waals surface area contributed by atoms with E-state index in [0.717, 1.165) is 35.0 Å². The molecule has 1 saturated heterocycles. The maximum absolute atomic E-state index is 13.1. The second kappa shape index (κ2) is 7.03.